The Bertz CT molecular complexity index is 932. The Kier molecular flexibility index (Phi) is 4.51. The summed E-state index contributed by atoms with van der Waals surface area (Å²) >= 11 is 0. The molecule has 1 aliphatic rings. The second-order valence-corrected chi connectivity index (χ2v) is 5.62. The Labute approximate surface area is 143 Å². The van der Waals surface area contributed by atoms with Crippen LogP contribution in [-0.2, 0) is 16.1 Å². The van der Waals surface area contributed by atoms with Gasteiger partial charge in [-0.05, 0) is 26.0 Å². The highest BCUT2D eigenvalue weighted by Crippen LogP contribution is 2.17. The van der Waals surface area contributed by atoms with Gasteiger partial charge >= 0.3 is 12.0 Å². The van der Waals surface area contributed by atoms with Gasteiger partial charge in [0.05, 0.1) is 42.2 Å². The number of para-hydroxylation sites is 1. The van der Waals surface area contributed by atoms with E-state index in [2.05, 4.69) is 15.7 Å². The van der Waals surface area contributed by atoms with Crippen LogP contribution in [0.4, 0.5) is 4.79 Å². The second kappa shape index (κ2) is 6.76. The van der Waals surface area contributed by atoms with Crippen molar-refractivity contribution in [1.82, 2.24) is 20.4 Å². The van der Waals surface area contributed by atoms with Crippen molar-refractivity contribution in [2.75, 3.05) is 6.61 Å². The zero-order valence-electron chi connectivity index (χ0n) is 13.9. The molecule has 2 N–H and O–H groups in total. The first-order valence-corrected chi connectivity index (χ1v) is 7.93. The van der Waals surface area contributed by atoms with Crippen molar-refractivity contribution in [2.45, 2.75) is 26.4 Å². The summed E-state index contributed by atoms with van der Waals surface area (Å²) in [6.45, 7) is 3.79. The molecule has 1 aromatic heterocycles. The van der Waals surface area contributed by atoms with E-state index in [4.69, 9.17) is 4.74 Å². The SMILES string of the molecule is CCOC(=O)C1=C(Cn2ncc(=O)c3ccccc32)NC(=O)N[C@H]1C. The number of carbonyl (C=O) groups excluding carboxylic acids is 2. The predicted molar refractivity (Wildman–Crippen MR) is 90.8 cm³/mol. The largest absolute Gasteiger partial charge is 0.463 e. The van der Waals surface area contributed by atoms with Crippen LogP contribution < -0.4 is 16.1 Å². The number of hydrogen-bond acceptors (Lipinski definition) is 5. The Morgan fingerprint density at radius 1 is 1.32 bits per heavy atom. The van der Waals surface area contributed by atoms with Crippen molar-refractivity contribution in [3.8, 4) is 0 Å². The number of aromatic nitrogens is 2. The van der Waals surface area contributed by atoms with Crippen molar-refractivity contribution < 1.29 is 14.3 Å². The maximum absolute atomic E-state index is 12.3. The molecular formula is C17H18N4O4. The zero-order valence-corrected chi connectivity index (χ0v) is 13.9. The molecule has 8 heteroatoms. The fraction of sp³-hybridized carbons (Fsp3) is 0.294. The molecule has 130 valence electrons. The van der Waals surface area contributed by atoms with Crippen LogP contribution in [0, 0.1) is 0 Å². The van der Waals surface area contributed by atoms with Crippen LogP contribution in [0.25, 0.3) is 10.9 Å². The molecule has 1 aromatic carbocycles. The number of nitrogens with one attached hydrogen (secondary N) is 2. The van der Waals surface area contributed by atoms with Crippen molar-refractivity contribution >= 4 is 22.9 Å². The summed E-state index contributed by atoms with van der Waals surface area (Å²) in [5.74, 6) is -0.497. The molecule has 0 radical (unpaired) electrons. The first kappa shape index (κ1) is 16.7. The van der Waals surface area contributed by atoms with Gasteiger partial charge in [-0.2, -0.15) is 5.10 Å². The van der Waals surface area contributed by atoms with Gasteiger partial charge in [-0.1, -0.05) is 12.1 Å². The molecule has 25 heavy (non-hydrogen) atoms. The quantitative estimate of drug-likeness (QED) is 0.804. The maximum atomic E-state index is 12.3. The van der Waals surface area contributed by atoms with Crippen LogP contribution in [0.1, 0.15) is 13.8 Å². The molecule has 0 bridgehead atoms. The molecule has 2 aromatic rings. The highest BCUT2D eigenvalue weighted by molar-refractivity contribution is 5.94. The van der Waals surface area contributed by atoms with Crippen LogP contribution in [-0.4, -0.2) is 34.4 Å². The van der Waals surface area contributed by atoms with Crippen LogP contribution in [0.5, 0.6) is 0 Å². The molecule has 0 fully saturated rings. The first-order valence-electron chi connectivity index (χ1n) is 7.93. The average Bonchev–Trinajstić information content (AvgIpc) is 2.57. The van der Waals surface area contributed by atoms with E-state index < -0.39 is 18.0 Å². The summed E-state index contributed by atoms with van der Waals surface area (Å²) in [5.41, 5.74) is 1.17. The van der Waals surface area contributed by atoms with E-state index in [1.54, 1.807) is 42.8 Å². The highest BCUT2D eigenvalue weighted by atomic mass is 16.5. The first-order chi connectivity index (χ1) is 12.0. The molecule has 0 unspecified atom stereocenters. The smallest absolute Gasteiger partial charge is 0.337 e. The topological polar surface area (TPSA) is 102 Å². The molecule has 3 rings (SSSR count). The summed E-state index contributed by atoms with van der Waals surface area (Å²) in [5, 5.41) is 9.95. The second-order valence-electron chi connectivity index (χ2n) is 5.62. The van der Waals surface area contributed by atoms with Gasteiger partial charge in [-0.15, -0.1) is 0 Å². The van der Waals surface area contributed by atoms with Crippen LogP contribution in [0.3, 0.4) is 0 Å². The standard InChI is InChI=1S/C17H18N4O4/c1-3-25-16(23)15-10(2)19-17(24)20-12(15)9-21-13-7-5-4-6-11(13)14(22)8-18-21/h4-8,10H,3,9H2,1-2H3,(H2,19,20,24)/t10-/m0/s1. The Balaban J connectivity index is 2.09. The van der Waals surface area contributed by atoms with Crippen LogP contribution >= 0.6 is 0 Å². The summed E-state index contributed by atoms with van der Waals surface area (Å²) in [4.78, 5) is 36.1. The zero-order chi connectivity index (χ0) is 18.0. The van der Waals surface area contributed by atoms with Gasteiger partial charge < -0.3 is 15.4 Å². The van der Waals surface area contributed by atoms with Crippen LogP contribution in [0.15, 0.2) is 46.5 Å². The van der Waals surface area contributed by atoms with E-state index in [0.717, 1.165) is 0 Å². The molecule has 2 amide bonds. The molecule has 0 saturated heterocycles. The number of benzene rings is 1. The monoisotopic (exact) mass is 342 g/mol. The van der Waals surface area contributed by atoms with E-state index >= 15 is 0 Å². The minimum absolute atomic E-state index is 0.132. The third-order valence-corrected chi connectivity index (χ3v) is 3.94. The van der Waals surface area contributed by atoms with Crippen molar-refractivity contribution in [2.24, 2.45) is 0 Å². The molecule has 0 saturated carbocycles. The lowest BCUT2D eigenvalue weighted by Crippen LogP contribution is -2.50. The number of ether oxygens (including phenoxy) is 1. The number of amides is 2. The summed E-state index contributed by atoms with van der Waals surface area (Å²) in [6, 6.07) is 6.14. The molecular weight excluding hydrogens is 324 g/mol. The third-order valence-electron chi connectivity index (χ3n) is 3.94. The predicted octanol–water partition coefficient (Wildman–Crippen LogP) is 0.915. The van der Waals surface area contributed by atoms with Gasteiger partial charge in [-0.25, -0.2) is 9.59 Å². The lowest BCUT2D eigenvalue weighted by atomic mass is 10.0. The lowest BCUT2D eigenvalue weighted by Gasteiger charge is -2.27. The number of allylic oxidation sites excluding steroid dienone is 1. The maximum Gasteiger partial charge on any atom is 0.337 e. The van der Waals surface area contributed by atoms with E-state index in [0.29, 0.717) is 22.2 Å². The fourth-order valence-corrected chi connectivity index (χ4v) is 2.84. The van der Waals surface area contributed by atoms with Crippen molar-refractivity contribution in [1.29, 1.82) is 0 Å². The Hall–Kier alpha value is -3.16. The molecule has 0 spiro atoms. The molecule has 0 aliphatic carbocycles. The fourth-order valence-electron chi connectivity index (χ4n) is 2.84. The number of hydrogen-bond donors (Lipinski definition) is 2. The highest BCUT2D eigenvalue weighted by Gasteiger charge is 2.30. The molecule has 8 nitrogen and oxygen atoms in total. The van der Waals surface area contributed by atoms with Crippen molar-refractivity contribution in [3.05, 3.63) is 52.0 Å². The Morgan fingerprint density at radius 2 is 2.08 bits per heavy atom. The summed E-state index contributed by atoms with van der Waals surface area (Å²) in [6.07, 6.45) is 1.22. The van der Waals surface area contributed by atoms with E-state index in [1.165, 1.54) is 6.20 Å². The normalized spacial score (nSPS) is 17.2. The van der Waals surface area contributed by atoms with E-state index in [9.17, 15) is 14.4 Å². The van der Waals surface area contributed by atoms with Gasteiger partial charge in [0.15, 0.2) is 0 Å². The Morgan fingerprint density at radius 3 is 2.84 bits per heavy atom. The number of urea groups is 1. The van der Waals surface area contributed by atoms with E-state index in [-0.39, 0.29) is 18.6 Å². The van der Waals surface area contributed by atoms with Gasteiger partial charge in [0.1, 0.15) is 0 Å². The average molecular weight is 342 g/mol. The number of rotatable bonds is 4. The number of esters is 1. The summed E-state index contributed by atoms with van der Waals surface area (Å²) in [7, 11) is 0. The minimum atomic E-state index is -0.497. The van der Waals surface area contributed by atoms with E-state index in [1.807, 2.05) is 0 Å². The van der Waals surface area contributed by atoms with Gasteiger partial charge in [-0.3, -0.25) is 9.48 Å². The molecule has 1 aliphatic heterocycles. The number of nitrogens with zero attached hydrogens (tertiary/aromatic N) is 2. The molecule has 2 heterocycles. The number of carbonyl (C=O) groups is 2. The van der Waals surface area contributed by atoms with Gasteiger partial charge in [0, 0.05) is 5.39 Å². The van der Waals surface area contributed by atoms with Gasteiger partial charge in [0.25, 0.3) is 0 Å². The number of fused-ring (bicyclic) bond motifs is 1. The van der Waals surface area contributed by atoms with Crippen LogP contribution in [0.2, 0.25) is 0 Å². The minimum Gasteiger partial charge on any atom is -0.463 e. The third kappa shape index (κ3) is 3.23. The summed E-state index contributed by atoms with van der Waals surface area (Å²) < 4.78 is 6.67. The lowest BCUT2D eigenvalue weighted by molar-refractivity contribution is -0.139. The van der Waals surface area contributed by atoms with Crippen molar-refractivity contribution in [3.63, 3.8) is 0 Å². The molecule has 1 atom stereocenters. The van der Waals surface area contributed by atoms with Gasteiger partial charge in [0.2, 0.25) is 5.43 Å².